The minimum Gasteiger partial charge on any atom is -0.481 e. The van der Waals surface area contributed by atoms with Gasteiger partial charge in [0.05, 0.1) is 5.92 Å². The number of piperidine rings is 1. The zero-order valence-electron chi connectivity index (χ0n) is 10.6. The number of carboxylic acids is 1. The summed E-state index contributed by atoms with van der Waals surface area (Å²) in [5.41, 5.74) is 2.89. The molecule has 1 aromatic carbocycles. The predicted octanol–water partition coefficient (Wildman–Crippen LogP) is 2.13. The number of hydrogen-bond donors (Lipinski definition) is 1. The lowest BCUT2D eigenvalue weighted by Crippen LogP contribution is -2.43. The molecule has 18 heavy (non-hydrogen) atoms. The first-order valence-corrected chi connectivity index (χ1v) is 6.10. The van der Waals surface area contributed by atoms with Crippen LogP contribution in [0.15, 0.2) is 18.2 Å². The number of aryl methyl sites for hydroxylation is 2. The van der Waals surface area contributed by atoms with Gasteiger partial charge in [-0.25, -0.2) is 0 Å². The van der Waals surface area contributed by atoms with Gasteiger partial charge in [0.25, 0.3) is 0 Å². The fraction of sp³-hybridized carbons (Fsp3) is 0.429. The number of amides is 1. The molecule has 1 fully saturated rings. The van der Waals surface area contributed by atoms with Gasteiger partial charge >= 0.3 is 5.97 Å². The van der Waals surface area contributed by atoms with Gasteiger partial charge in [-0.2, -0.15) is 0 Å². The van der Waals surface area contributed by atoms with Crippen molar-refractivity contribution in [2.24, 2.45) is 5.92 Å². The van der Waals surface area contributed by atoms with E-state index in [1.807, 2.05) is 32.0 Å². The summed E-state index contributed by atoms with van der Waals surface area (Å²) in [6.07, 6.45) is 0.750. The van der Waals surface area contributed by atoms with Crippen molar-refractivity contribution in [3.8, 4) is 0 Å². The van der Waals surface area contributed by atoms with Gasteiger partial charge in [0.2, 0.25) is 5.91 Å². The van der Waals surface area contributed by atoms with Crippen LogP contribution in [0.3, 0.4) is 0 Å². The maximum atomic E-state index is 12.0. The van der Waals surface area contributed by atoms with Crippen molar-refractivity contribution in [3.63, 3.8) is 0 Å². The van der Waals surface area contributed by atoms with Crippen molar-refractivity contribution in [1.29, 1.82) is 0 Å². The van der Waals surface area contributed by atoms with E-state index in [1.54, 1.807) is 4.90 Å². The summed E-state index contributed by atoms with van der Waals surface area (Å²) in [4.78, 5) is 24.7. The van der Waals surface area contributed by atoms with Crippen molar-refractivity contribution in [2.75, 3.05) is 11.4 Å². The van der Waals surface area contributed by atoms with Crippen LogP contribution < -0.4 is 4.90 Å². The van der Waals surface area contributed by atoms with Crippen LogP contribution in [0.25, 0.3) is 0 Å². The molecular weight excluding hydrogens is 230 g/mol. The highest BCUT2D eigenvalue weighted by atomic mass is 16.4. The average molecular weight is 247 g/mol. The lowest BCUT2D eigenvalue weighted by molar-refractivity contribution is -0.142. The molecule has 4 heteroatoms. The van der Waals surface area contributed by atoms with Crippen LogP contribution in [0.1, 0.15) is 24.0 Å². The smallest absolute Gasteiger partial charge is 0.308 e. The highest BCUT2D eigenvalue weighted by molar-refractivity contribution is 5.97. The molecule has 2 rings (SSSR count). The number of carbonyl (C=O) groups excluding carboxylic acids is 1. The number of aliphatic carboxylic acids is 1. The molecule has 1 amide bonds. The molecule has 1 aliphatic heterocycles. The molecule has 1 heterocycles. The number of carboxylic acid groups (broad SMARTS) is 1. The van der Waals surface area contributed by atoms with Crippen molar-refractivity contribution < 1.29 is 14.7 Å². The van der Waals surface area contributed by atoms with Crippen molar-refractivity contribution in [1.82, 2.24) is 0 Å². The highest BCUT2D eigenvalue weighted by Crippen LogP contribution is 2.29. The monoisotopic (exact) mass is 247 g/mol. The molecule has 0 aliphatic carbocycles. The molecule has 0 saturated carbocycles. The molecule has 1 aromatic rings. The molecule has 0 aromatic heterocycles. The first kappa shape index (κ1) is 12.6. The number of hydrogen-bond acceptors (Lipinski definition) is 2. The molecule has 0 spiro atoms. The number of para-hydroxylation sites is 1. The molecule has 0 radical (unpaired) electrons. The van der Waals surface area contributed by atoms with Crippen molar-refractivity contribution in [2.45, 2.75) is 26.7 Å². The lowest BCUT2D eigenvalue weighted by atomic mass is 9.95. The molecule has 1 saturated heterocycles. The van der Waals surface area contributed by atoms with Gasteiger partial charge in [0.15, 0.2) is 0 Å². The van der Waals surface area contributed by atoms with E-state index in [9.17, 15) is 9.59 Å². The van der Waals surface area contributed by atoms with Gasteiger partial charge in [-0.15, -0.1) is 0 Å². The second-order valence-corrected chi connectivity index (χ2v) is 4.82. The lowest BCUT2D eigenvalue weighted by Gasteiger charge is -2.32. The number of benzene rings is 1. The molecule has 1 N–H and O–H groups in total. The standard InChI is InChI=1S/C14H17NO3/c1-9-4-3-5-10(2)13(9)15-8-11(14(17)18)6-7-12(15)16/h3-5,11H,6-8H2,1-2H3,(H,17,18). The Morgan fingerprint density at radius 2 is 1.94 bits per heavy atom. The van der Waals surface area contributed by atoms with Crippen LogP contribution in [0.5, 0.6) is 0 Å². The quantitative estimate of drug-likeness (QED) is 0.871. The fourth-order valence-electron chi connectivity index (χ4n) is 2.50. The zero-order chi connectivity index (χ0) is 13.3. The van der Waals surface area contributed by atoms with E-state index >= 15 is 0 Å². The minimum absolute atomic E-state index is 0.0184. The van der Waals surface area contributed by atoms with E-state index in [-0.39, 0.29) is 12.5 Å². The molecule has 0 bridgehead atoms. The summed E-state index contributed by atoms with van der Waals surface area (Å²) in [6, 6.07) is 5.83. The van der Waals surface area contributed by atoms with Gasteiger partial charge in [-0.3, -0.25) is 9.59 Å². The number of anilines is 1. The van der Waals surface area contributed by atoms with Crippen LogP contribution in [0.4, 0.5) is 5.69 Å². The number of carbonyl (C=O) groups is 2. The van der Waals surface area contributed by atoms with E-state index < -0.39 is 11.9 Å². The van der Waals surface area contributed by atoms with Crippen LogP contribution in [0, 0.1) is 19.8 Å². The minimum atomic E-state index is -0.821. The van der Waals surface area contributed by atoms with E-state index in [2.05, 4.69) is 0 Å². The molecule has 4 nitrogen and oxygen atoms in total. The van der Waals surface area contributed by atoms with Gasteiger partial charge in [0.1, 0.15) is 0 Å². The van der Waals surface area contributed by atoms with E-state index in [4.69, 9.17) is 5.11 Å². The highest BCUT2D eigenvalue weighted by Gasteiger charge is 2.31. The summed E-state index contributed by atoms with van der Waals surface area (Å²) in [7, 11) is 0. The van der Waals surface area contributed by atoms with Gasteiger partial charge in [0, 0.05) is 18.7 Å². The molecule has 1 atom stereocenters. The van der Waals surface area contributed by atoms with Gasteiger partial charge < -0.3 is 10.0 Å². The molecule has 96 valence electrons. The Kier molecular flexibility index (Phi) is 3.36. The Balaban J connectivity index is 2.36. The largest absolute Gasteiger partial charge is 0.481 e. The maximum Gasteiger partial charge on any atom is 0.308 e. The molecular formula is C14H17NO3. The van der Waals surface area contributed by atoms with Gasteiger partial charge in [-0.1, -0.05) is 18.2 Å². The topological polar surface area (TPSA) is 57.6 Å². The summed E-state index contributed by atoms with van der Waals surface area (Å²) in [5, 5.41) is 9.09. The second kappa shape index (κ2) is 4.80. The third kappa shape index (κ3) is 2.23. The normalized spacial score (nSPS) is 20.0. The zero-order valence-corrected chi connectivity index (χ0v) is 10.6. The van der Waals surface area contributed by atoms with E-state index in [0.29, 0.717) is 12.8 Å². The van der Waals surface area contributed by atoms with Crippen LogP contribution >= 0.6 is 0 Å². The first-order valence-electron chi connectivity index (χ1n) is 6.10. The van der Waals surface area contributed by atoms with E-state index in [1.165, 1.54) is 0 Å². The Morgan fingerprint density at radius 3 is 2.50 bits per heavy atom. The van der Waals surface area contributed by atoms with Crippen LogP contribution in [0.2, 0.25) is 0 Å². The fourth-order valence-corrected chi connectivity index (χ4v) is 2.50. The first-order chi connectivity index (χ1) is 8.50. The maximum absolute atomic E-state index is 12.0. The van der Waals surface area contributed by atoms with Crippen molar-refractivity contribution in [3.05, 3.63) is 29.3 Å². The molecule has 1 unspecified atom stereocenters. The Hall–Kier alpha value is -1.84. The summed E-state index contributed by atoms with van der Waals surface area (Å²) in [5.74, 6) is -1.26. The summed E-state index contributed by atoms with van der Waals surface area (Å²) < 4.78 is 0. The molecule has 1 aliphatic rings. The summed E-state index contributed by atoms with van der Waals surface area (Å²) in [6.45, 7) is 4.17. The van der Waals surface area contributed by atoms with Crippen molar-refractivity contribution >= 4 is 17.6 Å². The third-order valence-corrected chi connectivity index (χ3v) is 3.47. The number of rotatable bonds is 2. The Morgan fingerprint density at radius 1 is 1.33 bits per heavy atom. The van der Waals surface area contributed by atoms with E-state index in [0.717, 1.165) is 16.8 Å². The van der Waals surface area contributed by atoms with Crippen LogP contribution in [-0.2, 0) is 9.59 Å². The van der Waals surface area contributed by atoms with Gasteiger partial charge in [-0.05, 0) is 31.4 Å². The Labute approximate surface area is 106 Å². The second-order valence-electron chi connectivity index (χ2n) is 4.82. The Bertz CT molecular complexity index is 476. The average Bonchev–Trinajstić information content (AvgIpc) is 2.30. The third-order valence-electron chi connectivity index (χ3n) is 3.47. The predicted molar refractivity (Wildman–Crippen MR) is 68.6 cm³/mol. The SMILES string of the molecule is Cc1cccc(C)c1N1CC(C(=O)O)CCC1=O. The number of nitrogens with zero attached hydrogens (tertiary/aromatic N) is 1. The summed E-state index contributed by atoms with van der Waals surface area (Å²) >= 11 is 0. The van der Waals surface area contributed by atoms with Crippen LogP contribution in [-0.4, -0.2) is 23.5 Å².